The number of hydrogen-bond acceptors (Lipinski definition) is 7. The molecule has 156 valence electrons. The lowest BCUT2D eigenvalue weighted by molar-refractivity contribution is 0.592. The van der Waals surface area contributed by atoms with Crippen molar-refractivity contribution >= 4 is 42.9 Å². The van der Waals surface area contributed by atoms with Crippen LogP contribution in [0.25, 0.3) is 15.9 Å². The molecular formula is C22H19N5O2S2. The first-order chi connectivity index (χ1) is 14.9. The van der Waals surface area contributed by atoms with Crippen LogP contribution in [0, 0.1) is 6.92 Å². The Labute approximate surface area is 183 Å². The zero-order valence-electron chi connectivity index (χ0n) is 16.9. The Morgan fingerprint density at radius 3 is 2.52 bits per heavy atom. The van der Waals surface area contributed by atoms with E-state index in [-0.39, 0.29) is 21.6 Å². The fourth-order valence-corrected chi connectivity index (χ4v) is 5.51. The van der Waals surface area contributed by atoms with Gasteiger partial charge in [0.25, 0.3) is 0 Å². The Balaban J connectivity index is 1.66. The number of rotatable bonds is 5. The molecule has 0 aliphatic heterocycles. The predicted molar refractivity (Wildman–Crippen MR) is 121 cm³/mol. The lowest BCUT2D eigenvalue weighted by atomic mass is 10.1. The van der Waals surface area contributed by atoms with Crippen LogP contribution in [0.1, 0.15) is 24.1 Å². The van der Waals surface area contributed by atoms with Crippen LogP contribution in [0.15, 0.2) is 76.0 Å². The minimum Gasteiger partial charge on any atom is -0.362 e. The third-order valence-corrected chi connectivity index (χ3v) is 7.74. The summed E-state index contributed by atoms with van der Waals surface area (Å²) < 4.78 is 28.9. The average molecular weight is 450 g/mol. The summed E-state index contributed by atoms with van der Waals surface area (Å²) in [5, 5.41) is 13.3. The van der Waals surface area contributed by atoms with Gasteiger partial charge in [-0.25, -0.2) is 13.4 Å². The molecule has 5 rings (SSSR count). The summed E-state index contributed by atoms with van der Waals surface area (Å²) in [7, 11) is -3.87. The number of aryl methyl sites for hydroxylation is 1. The lowest BCUT2D eigenvalue weighted by Gasteiger charge is -2.15. The lowest BCUT2D eigenvalue weighted by Crippen LogP contribution is -2.10. The molecule has 0 unspecified atom stereocenters. The maximum absolute atomic E-state index is 13.3. The van der Waals surface area contributed by atoms with Gasteiger partial charge in [-0.1, -0.05) is 53.2 Å². The summed E-state index contributed by atoms with van der Waals surface area (Å²) in [6, 6.07) is 18.6. The molecule has 0 aliphatic carbocycles. The Morgan fingerprint density at radius 2 is 1.77 bits per heavy atom. The van der Waals surface area contributed by atoms with E-state index in [1.54, 1.807) is 24.3 Å². The molecule has 31 heavy (non-hydrogen) atoms. The van der Waals surface area contributed by atoms with Crippen molar-refractivity contribution in [1.82, 2.24) is 19.8 Å². The average Bonchev–Trinajstić information content (AvgIpc) is 3.42. The second-order valence-electron chi connectivity index (χ2n) is 7.32. The van der Waals surface area contributed by atoms with Crippen LogP contribution in [0.4, 0.5) is 5.82 Å². The highest BCUT2D eigenvalue weighted by molar-refractivity contribution is 7.91. The van der Waals surface area contributed by atoms with E-state index in [1.807, 2.05) is 55.6 Å². The molecule has 7 nitrogen and oxygen atoms in total. The van der Waals surface area contributed by atoms with Crippen molar-refractivity contribution in [3.05, 3.63) is 77.2 Å². The quantitative estimate of drug-likeness (QED) is 0.420. The Morgan fingerprint density at radius 1 is 1.03 bits per heavy atom. The summed E-state index contributed by atoms with van der Waals surface area (Å²) in [5.41, 5.74) is 3.05. The summed E-state index contributed by atoms with van der Waals surface area (Å²) >= 11 is 1.52. The Kier molecular flexibility index (Phi) is 4.71. The number of nitrogens with one attached hydrogen (secondary N) is 1. The van der Waals surface area contributed by atoms with Crippen LogP contribution in [-0.2, 0) is 9.84 Å². The van der Waals surface area contributed by atoms with Crippen molar-refractivity contribution in [3.8, 4) is 0 Å². The van der Waals surface area contributed by atoms with E-state index in [0.717, 1.165) is 21.3 Å². The van der Waals surface area contributed by atoms with Crippen molar-refractivity contribution in [2.24, 2.45) is 0 Å². The first-order valence-corrected chi connectivity index (χ1v) is 12.1. The molecule has 3 heterocycles. The second kappa shape index (κ2) is 7.44. The highest BCUT2D eigenvalue weighted by atomic mass is 32.2. The Bertz CT molecular complexity index is 1490. The zero-order valence-corrected chi connectivity index (χ0v) is 18.5. The van der Waals surface area contributed by atoms with Crippen molar-refractivity contribution in [3.63, 3.8) is 0 Å². The highest BCUT2D eigenvalue weighted by Gasteiger charge is 2.27. The zero-order chi connectivity index (χ0) is 21.6. The second-order valence-corrected chi connectivity index (χ2v) is 10.1. The van der Waals surface area contributed by atoms with Gasteiger partial charge in [0.2, 0.25) is 14.9 Å². The molecule has 0 amide bonds. The molecule has 5 aromatic rings. The van der Waals surface area contributed by atoms with Crippen LogP contribution in [0.2, 0.25) is 0 Å². The maximum atomic E-state index is 13.3. The van der Waals surface area contributed by atoms with E-state index in [4.69, 9.17) is 0 Å². The van der Waals surface area contributed by atoms with Gasteiger partial charge in [0.1, 0.15) is 5.82 Å². The molecule has 3 aromatic heterocycles. The van der Waals surface area contributed by atoms with E-state index in [1.165, 1.54) is 15.9 Å². The van der Waals surface area contributed by atoms with Crippen LogP contribution >= 0.6 is 11.3 Å². The standard InChI is InChI=1S/C22H19N5O2S2/c1-14-8-10-17(11-9-14)31(28,29)22-21-24-20(23-15(2)16-6-4-3-5-7-16)19-18(12-13-30-19)27(21)26-25-22/h3-13,15H,1-2H3,(H,23,24)/t15-/m0/s1. The van der Waals surface area contributed by atoms with Gasteiger partial charge in [0.15, 0.2) is 5.65 Å². The molecule has 1 atom stereocenters. The summed E-state index contributed by atoms with van der Waals surface area (Å²) in [4.78, 5) is 4.84. The number of aromatic nitrogens is 4. The first-order valence-electron chi connectivity index (χ1n) is 9.71. The van der Waals surface area contributed by atoms with Crippen LogP contribution in [0.5, 0.6) is 0 Å². The molecule has 1 N–H and O–H groups in total. The van der Waals surface area contributed by atoms with Gasteiger partial charge in [-0.2, -0.15) is 4.52 Å². The van der Waals surface area contributed by atoms with Gasteiger partial charge >= 0.3 is 0 Å². The number of sulfone groups is 1. The summed E-state index contributed by atoms with van der Waals surface area (Å²) in [5.74, 6) is 0.608. The third-order valence-electron chi connectivity index (χ3n) is 5.16. The van der Waals surface area contributed by atoms with E-state index < -0.39 is 9.84 Å². The molecule has 0 saturated heterocycles. The number of anilines is 1. The van der Waals surface area contributed by atoms with Crippen molar-refractivity contribution in [2.45, 2.75) is 29.8 Å². The first kappa shape index (κ1) is 19.7. The van der Waals surface area contributed by atoms with Gasteiger partial charge in [-0.15, -0.1) is 16.4 Å². The number of nitrogens with zero attached hydrogens (tertiary/aromatic N) is 4. The van der Waals surface area contributed by atoms with Crippen molar-refractivity contribution in [1.29, 1.82) is 0 Å². The van der Waals surface area contributed by atoms with Crippen LogP contribution in [-0.4, -0.2) is 28.2 Å². The van der Waals surface area contributed by atoms with Gasteiger partial charge in [-0.3, -0.25) is 0 Å². The van der Waals surface area contributed by atoms with Crippen molar-refractivity contribution in [2.75, 3.05) is 5.32 Å². The number of hydrogen-bond donors (Lipinski definition) is 1. The van der Waals surface area contributed by atoms with Crippen molar-refractivity contribution < 1.29 is 8.42 Å². The van der Waals surface area contributed by atoms with E-state index in [2.05, 4.69) is 20.6 Å². The van der Waals surface area contributed by atoms with Gasteiger partial charge < -0.3 is 5.32 Å². The normalized spacial score (nSPS) is 13.0. The smallest absolute Gasteiger partial charge is 0.229 e. The van der Waals surface area contributed by atoms with Crippen LogP contribution in [0.3, 0.4) is 0 Å². The number of fused-ring (bicyclic) bond motifs is 3. The van der Waals surface area contributed by atoms with E-state index in [0.29, 0.717) is 5.82 Å². The Hall–Kier alpha value is -3.30. The molecule has 0 spiro atoms. The minimum atomic E-state index is -3.87. The summed E-state index contributed by atoms with van der Waals surface area (Å²) in [6.45, 7) is 3.95. The molecule has 0 bridgehead atoms. The topological polar surface area (TPSA) is 89.2 Å². The molecule has 2 aromatic carbocycles. The molecule has 0 fully saturated rings. The van der Waals surface area contributed by atoms with Crippen LogP contribution < -0.4 is 5.32 Å². The maximum Gasteiger partial charge on any atom is 0.229 e. The third kappa shape index (κ3) is 3.35. The SMILES string of the molecule is Cc1ccc(S(=O)(=O)c2nnn3c2nc(N[C@@H](C)c2ccccc2)c2sccc23)cc1. The van der Waals surface area contributed by atoms with Gasteiger partial charge in [-0.05, 0) is 43.0 Å². The van der Waals surface area contributed by atoms with E-state index >= 15 is 0 Å². The summed E-state index contributed by atoms with van der Waals surface area (Å²) in [6.07, 6.45) is 0. The molecule has 0 aliphatic rings. The number of benzene rings is 2. The highest BCUT2D eigenvalue weighted by Crippen LogP contribution is 2.32. The molecule has 0 radical (unpaired) electrons. The molecule has 0 saturated carbocycles. The van der Waals surface area contributed by atoms with E-state index in [9.17, 15) is 8.42 Å². The fourth-order valence-electron chi connectivity index (χ4n) is 3.45. The largest absolute Gasteiger partial charge is 0.362 e. The van der Waals surface area contributed by atoms with Gasteiger partial charge in [0.05, 0.1) is 15.1 Å². The van der Waals surface area contributed by atoms with Gasteiger partial charge in [0, 0.05) is 6.04 Å². The monoisotopic (exact) mass is 449 g/mol. The fraction of sp³-hybridized carbons (Fsp3) is 0.136. The minimum absolute atomic E-state index is 0.0190. The number of thiophene rings is 1. The molecular weight excluding hydrogens is 430 g/mol. The molecule has 9 heteroatoms. The predicted octanol–water partition coefficient (Wildman–Crippen LogP) is 4.65.